The van der Waals surface area contributed by atoms with Crippen LogP contribution in [-0.4, -0.2) is 23.1 Å². The summed E-state index contributed by atoms with van der Waals surface area (Å²) < 4.78 is 0. The monoisotopic (exact) mass is 255 g/mol. The molecule has 0 aromatic heterocycles. The van der Waals surface area contributed by atoms with Gasteiger partial charge in [-0.15, -0.1) is 0 Å². The number of hydrogen-bond donors (Lipinski definition) is 2. The predicted molar refractivity (Wildman–Crippen MR) is 64.5 cm³/mol. The molecule has 2 aliphatic carbocycles. The van der Waals surface area contributed by atoms with Gasteiger partial charge in [0.15, 0.2) is 0 Å². The number of hydrogen-bond acceptors (Lipinski definition) is 3. The first kappa shape index (κ1) is 13.3. The molecule has 3 atom stereocenters. The van der Waals surface area contributed by atoms with Crippen molar-refractivity contribution < 1.29 is 19.5 Å². The van der Waals surface area contributed by atoms with Crippen molar-refractivity contribution in [1.29, 1.82) is 0 Å². The zero-order valence-corrected chi connectivity index (χ0v) is 10.7. The Labute approximate surface area is 107 Å². The van der Waals surface area contributed by atoms with E-state index in [4.69, 9.17) is 9.94 Å². The van der Waals surface area contributed by atoms with Gasteiger partial charge in [-0.2, -0.15) is 0 Å². The minimum Gasteiger partial charge on any atom is -0.481 e. The first-order valence-corrected chi connectivity index (χ1v) is 6.76. The second-order valence-electron chi connectivity index (χ2n) is 5.62. The van der Waals surface area contributed by atoms with Crippen molar-refractivity contribution >= 4 is 11.9 Å². The number of carbonyl (C=O) groups is 2. The van der Waals surface area contributed by atoms with Crippen molar-refractivity contribution in [2.24, 2.45) is 17.8 Å². The molecule has 2 aliphatic rings. The standard InChI is InChI=1S/C13H21NO4/c1-8-6-10(11(7-8)13(16)17)12(15)14-18-9-4-2-3-5-9/h8-11H,2-7H2,1H3,(H,14,15)(H,16,17)/t8?,10-,11+/m0/s1. The van der Waals surface area contributed by atoms with Crippen molar-refractivity contribution in [2.45, 2.75) is 51.6 Å². The molecule has 102 valence electrons. The highest BCUT2D eigenvalue weighted by Crippen LogP contribution is 2.36. The fourth-order valence-electron chi connectivity index (χ4n) is 3.08. The van der Waals surface area contributed by atoms with Crippen LogP contribution in [0.2, 0.25) is 0 Å². The number of carbonyl (C=O) groups excluding carboxylic acids is 1. The average molecular weight is 255 g/mol. The van der Waals surface area contributed by atoms with Crippen LogP contribution in [0.3, 0.4) is 0 Å². The van der Waals surface area contributed by atoms with E-state index in [1.54, 1.807) is 0 Å². The van der Waals surface area contributed by atoms with Crippen LogP contribution in [0.15, 0.2) is 0 Å². The third-order valence-corrected chi connectivity index (χ3v) is 4.08. The Bertz CT molecular complexity index is 325. The Balaban J connectivity index is 1.85. The van der Waals surface area contributed by atoms with Crippen molar-refractivity contribution in [3.8, 4) is 0 Å². The van der Waals surface area contributed by atoms with Crippen LogP contribution < -0.4 is 5.48 Å². The topological polar surface area (TPSA) is 75.6 Å². The number of rotatable bonds is 4. The molecular formula is C13H21NO4. The number of amides is 1. The molecule has 1 unspecified atom stereocenters. The first-order valence-electron chi connectivity index (χ1n) is 6.76. The van der Waals surface area contributed by atoms with Crippen LogP contribution in [0.5, 0.6) is 0 Å². The molecule has 2 N–H and O–H groups in total. The van der Waals surface area contributed by atoms with E-state index in [2.05, 4.69) is 5.48 Å². The molecule has 0 heterocycles. The number of carboxylic acids is 1. The van der Waals surface area contributed by atoms with Gasteiger partial charge in [-0.25, -0.2) is 5.48 Å². The van der Waals surface area contributed by atoms with Crippen molar-refractivity contribution in [3.63, 3.8) is 0 Å². The summed E-state index contributed by atoms with van der Waals surface area (Å²) in [5.74, 6) is -1.86. The Morgan fingerprint density at radius 3 is 2.39 bits per heavy atom. The summed E-state index contributed by atoms with van der Waals surface area (Å²) in [5.41, 5.74) is 2.47. The van der Waals surface area contributed by atoms with Crippen molar-refractivity contribution in [1.82, 2.24) is 5.48 Å². The molecule has 0 aromatic rings. The minimum atomic E-state index is -0.875. The van der Waals surface area contributed by atoms with Crippen molar-refractivity contribution in [2.75, 3.05) is 0 Å². The van der Waals surface area contributed by atoms with Gasteiger partial charge >= 0.3 is 5.97 Å². The lowest BCUT2D eigenvalue weighted by molar-refractivity contribution is -0.151. The van der Waals surface area contributed by atoms with Crippen molar-refractivity contribution in [3.05, 3.63) is 0 Å². The molecular weight excluding hydrogens is 234 g/mol. The highest BCUT2D eigenvalue weighted by molar-refractivity contribution is 5.84. The number of nitrogens with one attached hydrogen (secondary N) is 1. The van der Waals surface area contributed by atoms with Crippen LogP contribution in [0.25, 0.3) is 0 Å². The van der Waals surface area contributed by atoms with E-state index in [1.807, 2.05) is 6.92 Å². The zero-order chi connectivity index (χ0) is 13.1. The average Bonchev–Trinajstić information content (AvgIpc) is 2.94. The van der Waals surface area contributed by atoms with Crippen LogP contribution in [0.4, 0.5) is 0 Å². The third kappa shape index (κ3) is 3.02. The molecule has 0 bridgehead atoms. The number of carboxylic acid groups (broad SMARTS) is 1. The van der Waals surface area contributed by atoms with Gasteiger partial charge in [0, 0.05) is 0 Å². The summed E-state index contributed by atoms with van der Waals surface area (Å²) in [4.78, 5) is 28.4. The van der Waals surface area contributed by atoms with Gasteiger partial charge in [-0.1, -0.05) is 19.8 Å². The molecule has 1 amide bonds. The Kier molecular flexibility index (Phi) is 4.22. The molecule has 5 heteroatoms. The number of hydroxylamine groups is 1. The summed E-state index contributed by atoms with van der Waals surface area (Å²) in [6, 6.07) is 0. The summed E-state index contributed by atoms with van der Waals surface area (Å²) in [7, 11) is 0. The van der Waals surface area contributed by atoms with Crippen LogP contribution in [0.1, 0.15) is 45.4 Å². The van der Waals surface area contributed by atoms with E-state index in [0.717, 1.165) is 25.7 Å². The lowest BCUT2D eigenvalue weighted by Crippen LogP contribution is -2.37. The maximum Gasteiger partial charge on any atom is 0.307 e. The van der Waals surface area contributed by atoms with Gasteiger partial charge in [0.05, 0.1) is 17.9 Å². The molecule has 18 heavy (non-hydrogen) atoms. The largest absolute Gasteiger partial charge is 0.481 e. The second kappa shape index (κ2) is 5.69. The fraction of sp³-hybridized carbons (Fsp3) is 0.846. The molecule has 0 aromatic carbocycles. The summed E-state index contributed by atoms with van der Waals surface area (Å²) in [6.07, 6.45) is 5.55. The Hall–Kier alpha value is -1.10. The predicted octanol–water partition coefficient (Wildman–Crippen LogP) is 1.72. The summed E-state index contributed by atoms with van der Waals surface area (Å²) >= 11 is 0. The van der Waals surface area contributed by atoms with E-state index in [-0.39, 0.29) is 17.9 Å². The second-order valence-corrected chi connectivity index (χ2v) is 5.62. The van der Waals surface area contributed by atoms with Crippen LogP contribution in [-0.2, 0) is 14.4 Å². The summed E-state index contributed by atoms with van der Waals surface area (Å²) in [6.45, 7) is 1.99. The molecule has 2 saturated carbocycles. The maximum atomic E-state index is 12.0. The van der Waals surface area contributed by atoms with E-state index < -0.39 is 17.8 Å². The van der Waals surface area contributed by atoms with Gasteiger partial charge in [0.25, 0.3) is 0 Å². The minimum absolute atomic E-state index is 0.107. The molecule has 0 spiro atoms. The molecule has 2 rings (SSSR count). The Morgan fingerprint density at radius 1 is 1.17 bits per heavy atom. The van der Waals surface area contributed by atoms with E-state index >= 15 is 0 Å². The highest BCUT2D eigenvalue weighted by Gasteiger charge is 2.41. The highest BCUT2D eigenvalue weighted by atomic mass is 16.7. The lowest BCUT2D eigenvalue weighted by Gasteiger charge is -2.17. The normalized spacial score (nSPS) is 32.6. The van der Waals surface area contributed by atoms with Gasteiger partial charge in [0.2, 0.25) is 5.91 Å². The van der Waals surface area contributed by atoms with Gasteiger partial charge in [-0.05, 0) is 31.6 Å². The molecule has 0 radical (unpaired) electrons. The third-order valence-electron chi connectivity index (χ3n) is 4.08. The van der Waals surface area contributed by atoms with E-state index in [9.17, 15) is 9.59 Å². The fourth-order valence-corrected chi connectivity index (χ4v) is 3.08. The molecule has 0 aliphatic heterocycles. The smallest absolute Gasteiger partial charge is 0.307 e. The van der Waals surface area contributed by atoms with Gasteiger partial charge in [-0.3, -0.25) is 14.4 Å². The maximum absolute atomic E-state index is 12.0. The van der Waals surface area contributed by atoms with Crippen LogP contribution in [0, 0.1) is 17.8 Å². The quantitative estimate of drug-likeness (QED) is 0.750. The zero-order valence-electron chi connectivity index (χ0n) is 10.7. The Morgan fingerprint density at radius 2 is 1.78 bits per heavy atom. The SMILES string of the molecule is CC1C[C@H](C(=O)NOC2CCCC2)[C@H](C(=O)O)C1. The molecule has 2 fully saturated rings. The van der Waals surface area contributed by atoms with Gasteiger partial charge in [0.1, 0.15) is 0 Å². The summed E-state index contributed by atoms with van der Waals surface area (Å²) in [5, 5.41) is 9.11. The van der Waals surface area contributed by atoms with E-state index in [1.165, 1.54) is 0 Å². The van der Waals surface area contributed by atoms with Crippen LogP contribution >= 0.6 is 0 Å². The van der Waals surface area contributed by atoms with Gasteiger partial charge < -0.3 is 5.11 Å². The molecule has 5 nitrogen and oxygen atoms in total. The molecule has 0 saturated heterocycles. The number of aliphatic carboxylic acids is 1. The van der Waals surface area contributed by atoms with E-state index in [0.29, 0.717) is 12.8 Å². The first-order chi connectivity index (χ1) is 8.58. The lowest BCUT2D eigenvalue weighted by atomic mass is 9.96.